The third kappa shape index (κ3) is 8.45. The molecule has 0 aliphatic carbocycles. The van der Waals surface area contributed by atoms with Crippen molar-refractivity contribution < 1.29 is 14.0 Å². The number of halogens is 1. The van der Waals surface area contributed by atoms with E-state index in [0.29, 0.717) is 53.3 Å². The van der Waals surface area contributed by atoms with Gasteiger partial charge < -0.3 is 29.6 Å². The average molecular weight is 778 g/mol. The largest absolute Gasteiger partial charge is 0.508 e. The maximum absolute atomic E-state index is 17.2. The zero-order chi connectivity index (χ0) is 39.6. The number of aromatic nitrogens is 1. The highest BCUT2D eigenvalue weighted by molar-refractivity contribution is 6.29. The van der Waals surface area contributed by atoms with Crippen LogP contribution in [0, 0.1) is 11.8 Å². The number of benzene rings is 2. The molecule has 57 heavy (non-hydrogen) atoms. The predicted octanol–water partition coefficient (Wildman–Crippen LogP) is 6.90. The molecule has 0 amide bonds. The number of likely N-dealkylation sites (tertiary alicyclic amines) is 2. The summed E-state index contributed by atoms with van der Waals surface area (Å²) < 4.78 is 22.9. The van der Waals surface area contributed by atoms with Gasteiger partial charge in [-0.15, -0.1) is 0 Å². The first kappa shape index (κ1) is 39.4. The fraction of sp³-hybridized carbons (Fsp3) is 0.556. The lowest BCUT2D eigenvalue weighted by atomic mass is 9.93. The van der Waals surface area contributed by atoms with Crippen LogP contribution < -0.4 is 10.2 Å². The van der Waals surface area contributed by atoms with E-state index in [4.69, 9.17) is 14.5 Å². The van der Waals surface area contributed by atoms with Crippen molar-refractivity contribution in [2.24, 2.45) is 26.8 Å². The number of nitrogens with zero attached hydrogens (tertiary/aromatic N) is 8. The summed E-state index contributed by atoms with van der Waals surface area (Å²) in [7, 11) is 0. The van der Waals surface area contributed by atoms with Crippen molar-refractivity contribution in [1.82, 2.24) is 25.2 Å². The van der Waals surface area contributed by atoms with Crippen LogP contribution in [0.3, 0.4) is 0 Å². The van der Waals surface area contributed by atoms with Crippen LogP contribution in [0.15, 0.2) is 73.1 Å². The molecule has 11 nitrogen and oxygen atoms in total. The Morgan fingerprint density at radius 1 is 1.00 bits per heavy atom. The molecule has 5 aliphatic rings. The zero-order valence-corrected chi connectivity index (χ0v) is 34.3. The Morgan fingerprint density at radius 3 is 2.46 bits per heavy atom. The molecule has 2 bridgehead atoms. The van der Waals surface area contributed by atoms with Gasteiger partial charge >= 0.3 is 0 Å². The number of phenolic OH excluding ortho intramolecular Hbond substituents is 1. The number of nitrogens with one attached hydrogen (secondary N) is 1. The van der Waals surface area contributed by atoms with Crippen molar-refractivity contribution in [2.45, 2.75) is 77.8 Å². The normalized spacial score (nSPS) is 24.7. The Morgan fingerprint density at radius 2 is 1.75 bits per heavy atom. The molecule has 5 aliphatic heterocycles. The number of piperidine rings is 1. The Hall–Kier alpha value is -4.39. The quantitative estimate of drug-likeness (QED) is 0.192. The third-order valence-corrected chi connectivity index (χ3v) is 13.2. The van der Waals surface area contributed by atoms with Crippen molar-refractivity contribution in [3.63, 3.8) is 0 Å². The van der Waals surface area contributed by atoms with E-state index < -0.39 is 5.83 Å². The minimum absolute atomic E-state index is 0.0772. The highest BCUT2D eigenvalue weighted by Gasteiger charge is 2.36. The van der Waals surface area contributed by atoms with Crippen LogP contribution >= 0.6 is 0 Å². The van der Waals surface area contributed by atoms with Gasteiger partial charge in [0.15, 0.2) is 11.6 Å². The van der Waals surface area contributed by atoms with Crippen molar-refractivity contribution in [3.8, 4) is 5.75 Å². The van der Waals surface area contributed by atoms with Crippen LogP contribution in [0.5, 0.6) is 5.75 Å². The van der Waals surface area contributed by atoms with Crippen LogP contribution in [0.4, 0.5) is 10.2 Å². The second-order valence-corrected chi connectivity index (χ2v) is 17.1. The number of allylic oxidation sites excluding steroid dienone is 2. The second-order valence-electron chi connectivity index (χ2n) is 17.1. The standard InChI is InChI=1S/C45H60FN9O2/c1-6-32-8-7-9-33-22-36(56)23-37(41(32)33)43-42(46)44(38(25-49-43)45(47-5)55-27-34-10-11-35(28-55)50-34)48-14-17-52-15-12-31(13-16-52)26-53-18-20-54(21-19-53)40-24-39(57-51-40)30(4)29(2)3/h7-9,22-25,29-31,34-35,50,56H,5-6,10-21,26-28H2,1-4H3/b45-38+,48-44+. The Kier molecular flexibility index (Phi) is 11.9. The Bertz CT molecular complexity index is 2040. The second kappa shape index (κ2) is 17.2. The molecule has 12 heteroatoms. The molecule has 2 N–H and O–H groups in total. The summed E-state index contributed by atoms with van der Waals surface area (Å²) in [5, 5.41) is 20.6. The minimum Gasteiger partial charge on any atom is -0.508 e. The fourth-order valence-electron chi connectivity index (χ4n) is 9.47. The number of anilines is 1. The van der Waals surface area contributed by atoms with Crippen LogP contribution in [-0.2, 0) is 6.42 Å². The lowest BCUT2D eigenvalue weighted by Gasteiger charge is -2.38. The topological polar surface area (TPSA) is 108 Å². The summed E-state index contributed by atoms with van der Waals surface area (Å²) in [5.74, 6) is 3.71. The van der Waals surface area contributed by atoms with Gasteiger partial charge in [-0.2, -0.15) is 0 Å². The molecule has 2 aromatic carbocycles. The van der Waals surface area contributed by atoms with E-state index in [1.807, 2.05) is 12.1 Å². The summed E-state index contributed by atoms with van der Waals surface area (Å²) >= 11 is 0. The number of hydrogen-bond donors (Lipinski definition) is 2. The van der Waals surface area contributed by atoms with Gasteiger partial charge in [-0.05, 0) is 92.2 Å². The lowest BCUT2D eigenvalue weighted by molar-refractivity contribution is 0.141. The van der Waals surface area contributed by atoms with E-state index in [0.717, 1.165) is 125 Å². The molecule has 3 atom stereocenters. The van der Waals surface area contributed by atoms with Crippen molar-refractivity contribution in [3.05, 3.63) is 70.5 Å². The average Bonchev–Trinajstić information content (AvgIpc) is 3.85. The number of rotatable bonds is 12. The molecule has 0 spiro atoms. The van der Waals surface area contributed by atoms with Crippen molar-refractivity contribution in [2.75, 3.05) is 76.9 Å². The first-order chi connectivity index (χ1) is 27.7. The van der Waals surface area contributed by atoms with Gasteiger partial charge in [-0.3, -0.25) is 14.9 Å². The van der Waals surface area contributed by atoms with E-state index in [1.54, 1.807) is 18.3 Å². The number of fused-ring (bicyclic) bond motifs is 3. The molecule has 3 unspecified atom stereocenters. The van der Waals surface area contributed by atoms with Crippen LogP contribution in [-0.4, -0.2) is 128 Å². The Labute approximate surface area is 337 Å². The van der Waals surface area contributed by atoms with Gasteiger partial charge in [-0.1, -0.05) is 51.1 Å². The number of aromatic hydroxyl groups is 1. The van der Waals surface area contributed by atoms with Crippen molar-refractivity contribution >= 4 is 40.9 Å². The molecular weight excluding hydrogens is 718 g/mol. The number of hydrogen-bond acceptors (Lipinski definition) is 11. The summed E-state index contributed by atoms with van der Waals surface area (Å²) in [6.07, 6.45) is 7.02. The smallest absolute Gasteiger partial charge is 0.175 e. The number of piperazine rings is 2. The first-order valence-corrected chi connectivity index (χ1v) is 21.3. The summed E-state index contributed by atoms with van der Waals surface area (Å²) in [6.45, 7) is 22.6. The van der Waals surface area contributed by atoms with Gasteiger partial charge in [-0.25, -0.2) is 9.38 Å². The molecule has 304 valence electrons. The molecule has 3 aromatic rings. The zero-order valence-electron chi connectivity index (χ0n) is 34.3. The molecule has 6 heterocycles. The van der Waals surface area contributed by atoms with Gasteiger partial charge in [0.25, 0.3) is 0 Å². The maximum atomic E-state index is 17.2. The molecule has 4 fully saturated rings. The SMILES string of the molecule is C=N/C(=C1/C=NC(c2cc(O)cc3cccc(CC)c23)=C(F)/C1=N/CCN1CCC(CN2CCN(c3cc(C(C)C(C)C)on3)CC2)CC1)N1CC2CCC(C1)N2. The highest BCUT2D eigenvalue weighted by atomic mass is 19.1. The lowest BCUT2D eigenvalue weighted by Crippen LogP contribution is -2.50. The van der Waals surface area contributed by atoms with E-state index in [9.17, 15) is 5.11 Å². The number of phenols is 1. The van der Waals surface area contributed by atoms with Crippen LogP contribution in [0.1, 0.15) is 76.2 Å². The summed E-state index contributed by atoms with van der Waals surface area (Å²) in [6, 6.07) is 12.2. The van der Waals surface area contributed by atoms with Crippen LogP contribution in [0.25, 0.3) is 16.5 Å². The molecule has 1 aromatic heterocycles. The summed E-state index contributed by atoms with van der Waals surface area (Å²) in [5.41, 5.74) is 2.68. The minimum atomic E-state index is -0.488. The maximum Gasteiger partial charge on any atom is 0.175 e. The van der Waals surface area contributed by atoms with Gasteiger partial charge in [0, 0.05) is 88.2 Å². The number of aliphatic imine (C=N–C) groups is 3. The molecule has 0 saturated carbocycles. The van der Waals surface area contributed by atoms with E-state index in [2.05, 4.69) is 81.6 Å². The molecule has 0 radical (unpaired) electrons. The van der Waals surface area contributed by atoms with E-state index in [1.165, 1.54) is 0 Å². The predicted molar refractivity (Wildman–Crippen MR) is 229 cm³/mol. The molecule has 4 saturated heterocycles. The third-order valence-electron chi connectivity index (χ3n) is 13.2. The molecular formula is C45H60FN9O2. The molecule has 8 rings (SSSR count). The Balaban J connectivity index is 0.945. The number of aryl methyl sites for hydroxylation is 1. The van der Waals surface area contributed by atoms with Gasteiger partial charge in [0.1, 0.15) is 28.7 Å². The van der Waals surface area contributed by atoms with Gasteiger partial charge in [0.2, 0.25) is 0 Å². The summed E-state index contributed by atoms with van der Waals surface area (Å²) in [4.78, 5) is 23.9. The van der Waals surface area contributed by atoms with Crippen LogP contribution in [0.2, 0.25) is 0 Å². The van der Waals surface area contributed by atoms with E-state index in [-0.39, 0.29) is 17.2 Å². The monoisotopic (exact) mass is 777 g/mol. The fourth-order valence-corrected chi connectivity index (χ4v) is 9.47. The highest BCUT2D eigenvalue weighted by Crippen LogP contribution is 2.38. The first-order valence-electron chi connectivity index (χ1n) is 21.3. The van der Waals surface area contributed by atoms with Gasteiger partial charge in [0.05, 0.1) is 12.1 Å². The van der Waals surface area contributed by atoms with Crippen molar-refractivity contribution in [1.29, 1.82) is 0 Å². The van der Waals surface area contributed by atoms with E-state index >= 15 is 4.39 Å².